The molecule has 5 saturated heterocycles. The summed E-state index contributed by atoms with van der Waals surface area (Å²) in [5.41, 5.74) is 7.54. The molecular formula is C59H81N5O37. The van der Waals surface area contributed by atoms with E-state index in [2.05, 4.69) is 16.0 Å². The second-order valence-electron chi connectivity index (χ2n) is 23.8. The van der Waals surface area contributed by atoms with Gasteiger partial charge in [0.1, 0.15) is 60.2 Å². The van der Waals surface area contributed by atoms with Gasteiger partial charge in [0.15, 0.2) is 110 Å². The van der Waals surface area contributed by atoms with E-state index < -0.39 is 267 Å². The van der Waals surface area contributed by atoms with E-state index in [9.17, 15) is 87.2 Å². The molecule has 10 N–H and O–H groups in total. The Balaban J connectivity index is 1.55. The first-order valence-corrected chi connectivity index (χ1v) is 30.9. The molecule has 0 aromatic carbocycles. The van der Waals surface area contributed by atoms with Gasteiger partial charge in [-0.05, 0) is 13.8 Å². The number of carbonyl (C=O) groups excluding carboxylic acids is 15. The maximum atomic E-state index is 14.3. The van der Waals surface area contributed by atoms with Crippen molar-refractivity contribution in [1.29, 1.82) is 0 Å². The first-order valence-electron chi connectivity index (χ1n) is 30.9. The molecule has 0 aromatic heterocycles. The number of aliphatic hydroxyl groups is 3. The fraction of sp³-hybridized carbons (Fsp3) is 0.712. The van der Waals surface area contributed by atoms with E-state index in [1.807, 2.05) is 0 Å². The molecular weight excluding hydrogens is 1370 g/mol. The monoisotopic (exact) mass is 1450 g/mol. The van der Waals surface area contributed by atoms with Crippen LogP contribution in [0.25, 0.3) is 0 Å². The molecule has 0 saturated carbocycles. The van der Waals surface area contributed by atoms with Crippen molar-refractivity contribution in [2.45, 2.75) is 256 Å². The number of esters is 9. The van der Waals surface area contributed by atoms with Crippen LogP contribution in [0.3, 0.4) is 0 Å². The summed E-state index contributed by atoms with van der Waals surface area (Å²) >= 11 is 0. The van der Waals surface area contributed by atoms with E-state index in [1.165, 1.54) is 6.92 Å². The number of nitrogens with two attached hydrogens (primary N) is 2. The van der Waals surface area contributed by atoms with Crippen molar-refractivity contribution in [2.24, 2.45) is 11.5 Å². The lowest BCUT2D eigenvalue weighted by Gasteiger charge is -2.52. The average molecular weight is 1450 g/mol. The third-order valence-corrected chi connectivity index (χ3v) is 15.5. The molecule has 101 heavy (non-hydrogen) atoms. The van der Waals surface area contributed by atoms with Crippen LogP contribution in [-0.2, 0) is 157 Å². The van der Waals surface area contributed by atoms with Gasteiger partial charge >= 0.3 is 59.8 Å². The lowest BCUT2D eigenvalue weighted by molar-refractivity contribution is -0.376. The van der Waals surface area contributed by atoms with Crippen molar-refractivity contribution in [3.8, 4) is 0 Å². The molecule has 42 nitrogen and oxygen atoms in total. The lowest BCUT2D eigenvalue weighted by atomic mass is 9.85. The maximum absolute atomic E-state index is 14.3. The van der Waals surface area contributed by atoms with Gasteiger partial charge < -0.3 is 133 Å². The van der Waals surface area contributed by atoms with Crippen molar-refractivity contribution in [1.82, 2.24) is 16.0 Å². The summed E-state index contributed by atoms with van der Waals surface area (Å²) in [7, 11) is 0. The largest absolute Gasteiger partial charge is 0.510 e. The predicted molar refractivity (Wildman–Crippen MR) is 314 cm³/mol. The minimum absolute atomic E-state index is 0.199. The van der Waals surface area contributed by atoms with Crippen LogP contribution in [0.15, 0.2) is 11.5 Å². The third kappa shape index (κ3) is 20.9. The zero-order chi connectivity index (χ0) is 75.6. The maximum Gasteiger partial charge on any atom is 0.404 e. The zero-order valence-corrected chi connectivity index (χ0v) is 56.6. The van der Waals surface area contributed by atoms with E-state index in [0.29, 0.717) is 0 Å². The Morgan fingerprint density at radius 1 is 0.485 bits per heavy atom. The number of hydrogen-bond acceptors (Lipinski definition) is 37. The van der Waals surface area contributed by atoms with Crippen molar-refractivity contribution in [3.05, 3.63) is 11.5 Å². The number of aliphatic hydroxyl groups excluding tert-OH is 2. The number of amides is 5. The van der Waals surface area contributed by atoms with Gasteiger partial charge in [-0.2, -0.15) is 0 Å². The topological polar surface area (TPSA) is 580 Å². The molecule has 564 valence electrons. The Kier molecular flexibility index (Phi) is 27.9. The van der Waals surface area contributed by atoms with E-state index in [4.69, 9.17) is 101 Å². The molecule has 5 aliphatic heterocycles. The summed E-state index contributed by atoms with van der Waals surface area (Å²) in [6, 6.07) is -3.99. The fourth-order valence-electron chi connectivity index (χ4n) is 11.9. The van der Waals surface area contributed by atoms with Gasteiger partial charge in [0.05, 0.1) is 12.7 Å². The highest BCUT2D eigenvalue weighted by Gasteiger charge is 2.63. The normalized spacial score (nSPS) is 35.3. The number of primary amides is 2. The van der Waals surface area contributed by atoms with Gasteiger partial charge in [0.2, 0.25) is 17.7 Å². The molecule has 0 spiro atoms. The van der Waals surface area contributed by atoms with Crippen molar-refractivity contribution < 1.29 is 177 Å². The molecule has 42 heteroatoms. The van der Waals surface area contributed by atoms with Gasteiger partial charge in [-0.25, -0.2) is 4.79 Å². The van der Waals surface area contributed by atoms with Crippen molar-refractivity contribution in [2.75, 3.05) is 13.2 Å². The minimum atomic E-state index is -2.76. The third-order valence-electron chi connectivity index (χ3n) is 15.5. The second kappa shape index (κ2) is 34.7. The molecule has 5 fully saturated rings. The molecule has 11 unspecified atom stereocenters. The number of ether oxygens (including phenoxy) is 19. The molecule has 0 radical (unpaired) electrons. The van der Waals surface area contributed by atoms with Crippen LogP contribution in [0.5, 0.6) is 0 Å². The number of ketones is 1. The van der Waals surface area contributed by atoms with Crippen LogP contribution in [0.2, 0.25) is 0 Å². The van der Waals surface area contributed by atoms with Gasteiger partial charge in [0.25, 0.3) is 5.91 Å². The Bertz CT molecular complexity index is 3200. The number of Topliss-reactive ketones (excluding diaryl/α,β-unsaturated/α-hetero) is 1. The number of hydrogen-bond donors (Lipinski definition) is 8. The van der Waals surface area contributed by atoms with Gasteiger partial charge in [0, 0.05) is 89.0 Å². The molecule has 6 aliphatic rings. The van der Waals surface area contributed by atoms with Crippen LogP contribution in [-0.4, -0.2) is 271 Å². The van der Waals surface area contributed by atoms with Crippen LogP contribution < -0.4 is 27.4 Å². The zero-order valence-electron chi connectivity index (χ0n) is 56.6. The van der Waals surface area contributed by atoms with Crippen LogP contribution in [0.4, 0.5) is 4.79 Å². The van der Waals surface area contributed by atoms with E-state index >= 15 is 0 Å². The van der Waals surface area contributed by atoms with E-state index in [0.717, 1.165) is 83.1 Å². The van der Waals surface area contributed by atoms with Gasteiger partial charge in [-0.1, -0.05) is 0 Å². The molecule has 0 aromatic rings. The van der Waals surface area contributed by atoms with E-state index in [-0.39, 0.29) is 12.8 Å². The summed E-state index contributed by atoms with van der Waals surface area (Å²) in [4.78, 5) is 196. The van der Waals surface area contributed by atoms with Crippen LogP contribution in [0, 0.1) is 0 Å². The van der Waals surface area contributed by atoms with Gasteiger partial charge in [-0.3, -0.25) is 67.1 Å². The summed E-state index contributed by atoms with van der Waals surface area (Å²) in [5, 5.41) is 41.0. The average Bonchev–Trinajstić information content (AvgIpc) is 1.06. The Hall–Kier alpha value is -8.85. The van der Waals surface area contributed by atoms with E-state index in [1.54, 1.807) is 0 Å². The van der Waals surface area contributed by atoms with Crippen LogP contribution >= 0.6 is 0 Å². The Morgan fingerprint density at radius 3 is 1.39 bits per heavy atom. The molecule has 5 heterocycles. The number of nitrogens with one attached hydrogen (secondary N) is 3. The highest BCUT2D eigenvalue weighted by molar-refractivity contribution is 6.02. The molecule has 25 atom stereocenters. The summed E-state index contributed by atoms with van der Waals surface area (Å²) in [6.45, 7) is 10.2. The molecule has 1 aliphatic carbocycles. The van der Waals surface area contributed by atoms with Crippen molar-refractivity contribution in [3.63, 3.8) is 0 Å². The number of allylic oxidation sites excluding steroid dienone is 2. The summed E-state index contributed by atoms with van der Waals surface area (Å²) in [5.74, 6) is -15.9. The number of carbonyl (C=O) groups is 15. The standard InChI is InChI=1S/C59H81N5O37/c1-18-37(96-57-47(93-29(12)75)44(91-27(10)73)43(90-26(9)72)45(98-57)52(79)64-34-30(76)14-15-31(34)77)40(87-23(6)69)35(62-19(2)65)54(85-18)97-38-33(17-84-56-46(92-28(11)74)42(89-25(8)71)39(86-22(5)68)32(95-56)16-83-21(4)67)94-55(36(63-20(3)66)41(38)88-24(7)70)99-48-49(101-58(61)81)59(13,82)50(51(60)78)100-53(48)80/h18,32-33,35-50,53-57,76,80,82H,14-17H2,1-13H3,(H2,60,78)(H2,61,81)(H,62,65)(H,63,66)(H,64,79)/t18?,32?,33?,35-,36-,37+,38+,39+,40?,41?,42?,43+,44?,45?,46-,47-,48?,49+,50?,53?,54-,55-,56+,57+,59-/m0/s1. The van der Waals surface area contributed by atoms with Gasteiger partial charge in [-0.15, -0.1) is 0 Å². The lowest BCUT2D eigenvalue weighted by Crippen LogP contribution is -2.73. The molecule has 6 rings (SSSR count). The SMILES string of the molecule is CC(=O)N[C@H]1C(OC(C)=O)[C@H](O[C@@H]2OC(C(=O)NC3=C(O)CCC3=O)[C@H](OC(C)=O)C(OC(C)=O)[C@@H]2OC(C)=O)C(C)O[C@H]1O[C@@H]1C(CO[C@@H]2OC(COC(C)=O)[C@@H](OC(C)=O)C(OC(C)=O)[C@@H]2OC(C)=O)O[C@@H](OC2C(O)OC(C(N)=O)[C@@](C)(O)[C@@H]2OC(N)=O)[C@@H](NC(C)=O)C1OC(C)=O. The first-order chi connectivity index (χ1) is 47.1. The predicted octanol–water partition coefficient (Wildman–Crippen LogP) is -5.23. The fourth-order valence-corrected chi connectivity index (χ4v) is 11.9. The smallest absolute Gasteiger partial charge is 0.404 e. The second-order valence-corrected chi connectivity index (χ2v) is 23.8. The quantitative estimate of drug-likeness (QED) is 0.0313. The summed E-state index contributed by atoms with van der Waals surface area (Å²) < 4.78 is 112. The highest BCUT2D eigenvalue weighted by Crippen LogP contribution is 2.41. The Morgan fingerprint density at radius 2 is 0.911 bits per heavy atom. The van der Waals surface area contributed by atoms with Crippen molar-refractivity contribution >= 4 is 89.2 Å². The highest BCUT2D eigenvalue weighted by atomic mass is 16.8. The Labute approximate surface area is 572 Å². The first kappa shape index (κ1) is 81.1. The van der Waals surface area contributed by atoms with Crippen LogP contribution in [0.1, 0.15) is 103 Å². The summed E-state index contributed by atoms with van der Waals surface area (Å²) in [6.07, 6.45) is -47.7. The molecule has 5 amide bonds. The molecule has 0 bridgehead atoms. The number of rotatable bonds is 25. The minimum Gasteiger partial charge on any atom is -0.510 e.